The van der Waals surface area contributed by atoms with Gasteiger partial charge in [0.15, 0.2) is 0 Å². The number of benzene rings is 1. The smallest absolute Gasteiger partial charge is 0.246 e. The largest absolute Gasteiger partial charge is 0.342 e. The molecular weight excluding hydrogens is 348 g/mol. The lowest BCUT2D eigenvalue weighted by Crippen LogP contribution is -2.47. The van der Waals surface area contributed by atoms with Crippen LogP contribution in [0.5, 0.6) is 0 Å². The first-order chi connectivity index (χ1) is 11.5. The third kappa shape index (κ3) is 2.80. The van der Waals surface area contributed by atoms with Gasteiger partial charge >= 0.3 is 0 Å². The summed E-state index contributed by atoms with van der Waals surface area (Å²) >= 11 is 0.987. The summed E-state index contributed by atoms with van der Waals surface area (Å²) in [4.78, 5) is 14.5. The number of carbonyl (C=O) groups excluding carboxylic acids is 1. The number of carbonyl (C=O) groups is 1. The number of amides is 1. The summed E-state index contributed by atoms with van der Waals surface area (Å²) in [5.74, 6) is -0.121. The molecule has 9 heteroatoms. The van der Waals surface area contributed by atoms with Crippen LogP contribution in [0.25, 0.3) is 11.0 Å². The molecule has 0 bridgehead atoms. The van der Waals surface area contributed by atoms with E-state index in [2.05, 4.69) is 8.75 Å². The van der Waals surface area contributed by atoms with E-state index in [1.54, 1.807) is 17.0 Å². The molecule has 0 spiro atoms. The quantitative estimate of drug-likeness (QED) is 0.802. The Morgan fingerprint density at radius 2 is 2.08 bits per heavy atom. The van der Waals surface area contributed by atoms with Crippen LogP contribution in [0.1, 0.15) is 26.7 Å². The fourth-order valence-corrected chi connectivity index (χ4v) is 5.54. The van der Waals surface area contributed by atoms with Gasteiger partial charge in [-0.2, -0.15) is 13.1 Å². The average molecular weight is 368 g/mol. The van der Waals surface area contributed by atoms with Gasteiger partial charge in [0.1, 0.15) is 22.0 Å². The first-order valence-corrected chi connectivity index (χ1v) is 10.2. The lowest BCUT2D eigenvalue weighted by Gasteiger charge is -2.28. The van der Waals surface area contributed by atoms with Gasteiger partial charge < -0.3 is 4.90 Å². The highest BCUT2D eigenvalue weighted by atomic mass is 32.2. The summed E-state index contributed by atoms with van der Waals surface area (Å²) in [5, 5.41) is 0. The molecule has 1 atom stereocenters. The van der Waals surface area contributed by atoms with Crippen molar-refractivity contribution >= 4 is 38.7 Å². The molecule has 2 heterocycles. The number of aromatic nitrogens is 2. The molecule has 24 heavy (non-hydrogen) atoms. The van der Waals surface area contributed by atoms with Crippen molar-refractivity contribution in [3.8, 4) is 0 Å². The van der Waals surface area contributed by atoms with Crippen molar-refractivity contribution in [1.82, 2.24) is 18.0 Å². The molecule has 1 aromatic carbocycles. The zero-order valence-corrected chi connectivity index (χ0v) is 15.3. The van der Waals surface area contributed by atoms with Gasteiger partial charge in [-0.1, -0.05) is 6.07 Å². The summed E-state index contributed by atoms with van der Waals surface area (Å²) in [6.45, 7) is 5.30. The SMILES string of the molecule is CCN(CC)C(=O)[C@@H]1CCCN1S(=O)(=O)c1cccc2nsnc12. The van der Waals surface area contributed by atoms with Crippen LogP contribution < -0.4 is 0 Å². The van der Waals surface area contributed by atoms with E-state index >= 15 is 0 Å². The highest BCUT2D eigenvalue weighted by Gasteiger charge is 2.41. The zero-order chi connectivity index (χ0) is 17.3. The highest BCUT2D eigenvalue weighted by Crippen LogP contribution is 2.30. The Bertz CT molecular complexity index is 845. The van der Waals surface area contributed by atoms with E-state index in [0.29, 0.717) is 43.5 Å². The van der Waals surface area contributed by atoms with Crippen molar-refractivity contribution in [3.63, 3.8) is 0 Å². The Labute approximate surface area is 145 Å². The lowest BCUT2D eigenvalue weighted by atomic mass is 10.2. The van der Waals surface area contributed by atoms with E-state index in [-0.39, 0.29) is 10.8 Å². The van der Waals surface area contributed by atoms with Crippen LogP contribution >= 0.6 is 11.7 Å². The summed E-state index contributed by atoms with van der Waals surface area (Å²) in [7, 11) is -3.79. The minimum atomic E-state index is -3.79. The van der Waals surface area contributed by atoms with Gasteiger partial charge in [-0.15, -0.1) is 0 Å². The minimum absolute atomic E-state index is 0.121. The van der Waals surface area contributed by atoms with Gasteiger partial charge in [-0.3, -0.25) is 4.79 Å². The van der Waals surface area contributed by atoms with Crippen LogP contribution in [0, 0.1) is 0 Å². The van der Waals surface area contributed by atoms with Crippen molar-refractivity contribution < 1.29 is 13.2 Å². The molecule has 1 aliphatic rings. The maximum absolute atomic E-state index is 13.2. The van der Waals surface area contributed by atoms with Crippen LogP contribution in [-0.4, -0.2) is 58.0 Å². The Kier molecular flexibility index (Phi) is 4.84. The van der Waals surface area contributed by atoms with E-state index < -0.39 is 16.1 Å². The Morgan fingerprint density at radius 3 is 2.79 bits per heavy atom. The van der Waals surface area contributed by atoms with Crippen molar-refractivity contribution in [2.45, 2.75) is 37.6 Å². The number of nitrogens with zero attached hydrogens (tertiary/aromatic N) is 4. The second-order valence-electron chi connectivity index (χ2n) is 5.67. The predicted molar refractivity (Wildman–Crippen MR) is 92.3 cm³/mol. The molecule has 0 radical (unpaired) electrons. The third-order valence-electron chi connectivity index (χ3n) is 4.40. The molecule has 2 aromatic rings. The van der Waals surface area contributed by atoms with Crippen molar-refractivity contribution in [2.75, 3.05) is 19.6 Å². The van der Waals surface area contributed by atoms with Crippen LogP contribution in [-0.2, 0) is 14.8 Å². The van der Waals surface area contributed by atoms with Gasteiger partial charge in [0.25, 0.3) is 0 Å². The molecule has 130 valence electrons. The first kappa shape index (κ1) is 17.2. The normalized spacial score (nSPS) is 19.0. The van der Waals surface area contributed by atoms with E-state index in [9.17, 15) is 13.2 Å². The molecule has 1 aliphatic heterocycles. The van der Waals surface area contributed by atoms with Crippen LogP contribution in [0.2, 0.25) is 0 Å². The standard InChI is InChI=1S/C15H20N4O3S2/c1-3-18(4-2)15(20)12-8-6-10-19(12)24(21,22)13-9-5-7-11-14(13)17-23-16-11/h5,7,9,12H,3-4,6,8,10H2,1-2H3/t12-/m0/s1. The van der Waals surface area contributed by atoms with Crippen molar-refractivity contribution in [1.29, 1.82) is 0 Å². The number of rotatable bonds is 5. The van der Waals surface area contributed by atoms with Gasteiger partial charge in [-0.25, -0.2) is 8.42 Å². The maximum atomic E-state index is 13.2. The molecular formula is C15H20N4O3S2. The third-order valence-corrected chi connectivity index (χ3v) is 6.88. The number of hydrogen-bond acceptors (Lipinski definition) is 6. The van der Waals surface area contributed by atoms with Gasteiger partial charge in [0, 0.05) is 19.6 Å². The van der Waals surface area contributed by atoms with Gasteiger partial charge in [0.05, 0.1) is 11.7 Å². The van der Waals surface area contributed by atoms with E-state index in [4.69, 9.17) is 0 Å². The van der Waals surface area contributed by atoms with E-state index in [0.717, 1.165) is 11.7 Å². The monoisotopic (exact) mass is 368 g/mol. The molecule has 0 N–H and O–H groups in total. The van der Waals surface area contributed by atoms with Crippen LogP contribution in [0.3, 0.4) is 0 Å². The molecule has 1 saturated heterocycles. The predicted octanol–water partition coefficient (Wildman–Crippen LogP) is 1.71. The number of hydrogen-bond donors (Lipinski definition) is 0. The maximum Gasteiger partial charge on any atom is 0.246 e. The molecule has 1 amide bonds. The number of sulfonamides is 1. The van der Waals surface area contributed by atoms with Crippen molar-refractivity contribution in [2.24, 2.45) is 0 Å². The molecule has 0 aliphatic carbocycles. The van der Waals surface area contributed by atoms with Crippen LogP contribution in [0.15, 0.2) is 23.1 Å². The van der Waals surface area contributed by atoms with E-state index in [1.807, 2.05) is 13.8 Å². The van der Waals surface area contributed by atoms with Gasteiger partial charge in [0.2, 0.25) is 15.9 Å². The molecule has 0 unspecified atom stereocenters. The summed E-state index contributed by atoms with van der Waals surface area (Å²) in [6.07, 6.45) is 1.24. The Morgan fingerprint density at radius 1 is 1.33 bits per heavy atom. The summed E-state index contributed by atoms with van der Waals surface area (Å²) < 4.78 is 35.9. The fraction of sp³-hybridized carbons (Fsp3) is 0.533. The number of likely N-dealkylation sites (N-methyl/N-ethyl adjacent to an activating group) is 1. The highest BCUT2D eigenvalue weighted by molar-refractivity contribution is 7.89. The van der Waals surface area contributed by atoms with Crippen molar-refractivity contribution in [3.05, 3.63) is 18.2 Å². The number of fused-ring (bicyclic) bond motifs is 1. The summed E-state index contributed by atoms with van der Waals surface area (Å²) in [5.41, 5.74) is 0.940. The fourth-order valence-electron chi connectivity index (χ4n) is 3.14. The van der Waals surface area contributed by atoms with E-state index in [1.165, 1.54) is 10.4 Å². The zero-order valence-electron chi connectivity index (χ0n) is 13.7. The average Bonchev–Trinajstić information content (AvgIpc) is 3.24. The Balaban J connectivity index is 2.00. The second-order valence-corrected chi connectivity index (χ2v) is 8.06. The molecule has 0 saturated carbocycles. The molecule has 7 nitrogen and oxygen atoms in total. The molecule has 1 aromatic heterocycles. The summed E-state index contributed by atoms with van der Waals surface area (Å²) in [6, 6.07) is 4.31. The Hall–Kier alpha value is -1.58. The molecule has 1 fully saturated rings. The first-order valence-electron chi connectivity index (χ1n) is 8.02. The lowest BCUT2D eigenvalue weighted by molar-refractivity contribution is -0.134. The van der Waals surface area contributed by atoms with Crippen LogP contribution in [0.4, 0.5) is 0 Å². The van der Waals surface area contributed by atoms with Gasteiger partial charge in [-0.05, 0) is 38.8 Å². The minimum Gasteiger partial charge on any atom is -0.342 e. The molecule has 3 rings (SSSR count). The second kappa shape index (κ2) is 6.73. The topological polar surface area (TPSA) is 83.5 Å².